The zero-order valence-corrected chi connectivity index (χ0v) is 7.95. The van der Waals surface area contributed by atoms with Crippen molar-refractivity contribution in [2.75, 3.05) is 6.61 Å². The van der Waals surface area contributed by atoms with Crippen molar-refractivity contribution in [3.8, 4) is 0 Å². The molecule has 0 atom stereocenters. The first-order chi connectivity index (χ1) is 6.37. The summed E-state index contributed by atoms with van der Waals surface area (Å²) in [6.07, 6.45) is 10.2. The molecule has 1 heterocycles. The molecule has 0 spiro atoms. The van der Waals surface area contributed by atoms with Crippen LogP contribution in [0.1, 0.15) is 32.1 Å². The first kappa shape index (κ1) is 8.82. The summed E-state index contributed by atoms with van der Waals surface area (Å²) >= 11 is 0. The van der Waals surface area contributed by atoms with Gasteiger partial charge in [0.25, 0.3) is 0 Å². The molecule has 1 N–H and O–H groups in total. The monoisotopic (exact) mass is 179 g/mol. The number of hydrogen-bond acceptors (Lipinski definition) is 1. The van der Waals surface area contributed by atoms with Crippen LogP contribution in [0.3, 0.4) is 0 Å². The zero-order chi connectivity index (χ0) is 9.15. The van der Waals surface area contributed by atoms with E-state index in [1.54, 1.807) is 0 Å². The highest BCUT2D eigenvalue weighted by molar-refractivity contribution is 5.00. The van der Waals surface area contributed by atoms with Gasteiger partial charge in [-0.25, -0.2) is 0 Å². The summed E-state index contributed by atoms with van der Waals surface area (Å²) in [5, 5.41) is 9.49. The summed E-state index contributed by atoms with van der Waals surface area (Å²) in [6.45, 7) is 0.279. The Balaban J connectivity index is 2.23. The van der Waals surface area contributed by atoms with E-state index in [2.05, 4.69) is 17.0 Å². The molecule has 2 nitrogen and oxygen atoms in total. The minimum Gasteiger partial charge on any atom is -0.394 e. The van der Waals surface area contributed by atoms with Crippen LogP contribution in [-0.4, -0.2) is 16.3 Å². The first-order valence-corrected chi connectivity index (χ1v) is 5.12. The summed E-state index contributed by atoms with van der Waals surface area (Å²) in [5.74, 6) is 0. The standard InChI is InChI=1S/C11H17NO/c13-10-11(6-2-1-3-7-11)12-8-4-5-9-12/h4-5,8-9,13H,1-3,6-7,10H2. The Kier molecular flexibility index (Phi) is 2.40. The van der Waals surface area contributed by atoms with Gasteiger partial charge in [0, 0.05) is 12.4 Å². The van der Waals surface area contributed by atoms with Crippen molar-refractivity contribution in [1.82, 2.24) is 4.57 Å². The molecular weight excluding hydrogens is 162 g/mol. The van der Waals surface area contributed by atoms with Crippen molar-refractivity contribution in [3.05, 3.63) is 24.5 Å². The van der Waals surface area contributed by atoms with Crippen molar-refractivity contribution in [2.45, 2.75) is 37.6 Å². The molecule has 72 valence electrons. The first-order valence-electron chi connectivity index (χ1n) is 5.12. The molecule has 13 heavy (non-hydrogen) atoms. The fourth-order valence-electron chi connectivity index (χ4n) is 2.36. The molecule has 0 saturated heterocycles. The van der Waals surface area contributed by atoms with Gasteiger partial charge in [0.15, 0.2) is 0 Å². The second-order valence-corrected chi connectivity index (χ2v) is 4.03. The molecule has 2 heteroatoms. The van der Waals surface area contributed by atoms with Gasteiger partial charge in [-0.15, -0.1) is 0 Å². The summed E-state index contributed by atoms with van der Waals surface area (Å²) in [7, 11) is 0. The van der Waals surface area contributed by atoms with Crippen LogP contribution in [0.2, 0.25) is 0 Å². The lowest BCUT2D eigenvalue weighted by molar-refractivity contribution is 0.0909. The van der Waals surface area contributed by atoms with Crippen LogP contribution in [0.5, 0.6) is 0 Å². The normalized spacial score (nSPS) is 21.6. The largest absolute Gasteiger partial charge is 0.394 e. The van der Waals surface area contributed by atoms with Gasteiger partial charge in [-0.1, -0.05) is 19.3 Å². The maximum Gasteiger partial charge on any atom is 0.0670 e. The molecule has 1 aromatic rings. The van der Waals surface area contributed by atoms with Crippen LogP contribution < -0.4 is 0 Å². The van der Waals surface area contributed by atoms with E-state index >= 15 is 0 Å². The summed E-state index contributed by atoms with van der Waals surface area (Å²) < 4.78 is 2.19. The lowest BCUT2D eigenvalue weighted by atomic mass is 9.82. The third-order valence-electron chi connectivity index (χ3n) is 3.23. The van der Waals surface area contributed by atoms with Crippen molar-refractivity contribution < 1.29 is 5.11 Å². The van der Waals surface area contributed by atoms with Gasteiger partial charge in [-0.3, -0.25) is 0 Å². The molecule has 1 saturated carbocycles. The van der Waals surface area contributed by atoms with Gasteiger partial charge in [0.2, 0.25) is 0 Å². The number of rotatable bonds is 2. The Bertz CT molecular complexity index is 247. The van der Waals surface area contributed by atoms with E-state index in [-0.39, 0.29) is 12.1 Å². The van der Waals surface area contributed by atoms with Crippen molar-refractivity contribution in [1.29, 1.82) is 0 Å². The van der Waals surface area contributed by atoms with Crippen LogP contribution in [0, 0.1) is 0 Å². The molecule has 0 aromatic carbocycles. The van der Waals surface area contributed by atoms with E-state index < -0.39 is 0 Å². The van der Waals surface area contributed by atoms with E-state index in [9.17, 15) is 5.11 Å². The third-order valence-corrected chi connectivity index (χ3v) is 3.23. The Morgan fingerprint density at radius 3 is 2.23 bits per heavy atom. The highest BCUT2D eigenvalue weighted by Crippen LogP contribution is 2.34. The van der Waals surface area contributed by atoms with Crippen molar-refractivity contribution in [3.63, 3.8) is 0 Å². The van der Waals surface area contributed by atoms with Crippen LogP contribution in [0.25, 0.3) is 0 Å². The van der Waals surface area contributed by atoms with Gasteiger partial charge in [0.05, 0.1) is 12.1 Å². The minimum absolute atomic E-state index is 0.0156. The molecule has 0 bridgehead atoms. The van der Waals surface area contributed by atoms with Crippen LogP contribution in [0.15, 0.2) is 24.5 Å². The summed E-state index contributed by atoms with van der Waals surface area (Å²) in [6, 6.07) is 4.07. The number of aliphatic hydroxyl groups excluding tert-OH is 1. The fraction of sp³-hybridized carbons (Fsp3) is 0.636. The van der Waals surface area contributed by atoms with Crippen molar-refractivity contribution in [2.24, 2.45) is 0 Å². The molecule has 0 amide bonds. The predicted octanol–water partition coefficient (Wildman–Crippen LogP) is 2.14. The quantitative estimate of drug-likeness (QED) is 0.739. The second kappa shape index (κ2) is 3.54. The van der Waals surface area contributed by atoms with E-state index in [1.807, 2.05) is 12.1 Å². The van der Waals surface area contributed by atoms with E-state index in [4.69, 9.17) is 0 Å². The Morgan fingerprint density at radius 1 is 1.08 bits per heavy atom. The molecule has 2 rings (SSSR count). The maximum atomic E-state index is 9.49. The van der Waals surface area contributed by atoms with Crippen LogP contribution >= 0.6 is 0 Å². The molecule has 0 radical (unpaired) electrons. The predicted molar refractivity (Wildman–Crippen MR) is 52.6 cm³/mol. The molecule has 0 aliphatic heterocycles. The molecule has 0 unspecified atom stereocenters. The Labute approximate surface area is 79.2 Å². The molecule has 1 aliphatic carbocycles. The highest BCUT2D eigenvalue weighted by Gasteiger charge is 2.32. The SMILES string of the molecule is OCC1(n2cccc2)CCCCC1. The number of nitrogens with zero attached hydrogens (tertiary/aromatic N) is 1. The van der Waals surface area contributed by atoms with Gasteiger partial charge in [-0.05, 0) is 25.0 Å². The number of aliphatic hydroxyl groups is 1. The van der Waals surface area contributed by atoms with Gasteiger partial charge < -0.3 is 9.67 Å². The van der Waals surface area contributed by atoms with E-state index in [0.717, 1.165) is 12.8 Å². The smallest absolute Gasteiger partial charge is 0.0670 e. The topological polar surface area (TPSA) is 25.2 Å². The lowest BCUT2D eigenvalue weighted by Crippen LogP contribution is -2.38. The molecular formula is C11H17NO. The summed E-state index contributed by atoms with van der Waals surface area (Å²) in [4.78, 5) is 0. The van der Waals surface area contributed by atoms with Crippen molar-refractivity contribution >= 4 is 0 Å². The van der Waals surface area contributed by atoms with Crippen LogP contribution in [-0.2, 0) is 5.54 Å². The third kappa shape index (κ3) is 1.51. The molecule has 1 aromatic heterocycles. The number of hydrogen-bond donors (Lipinski definition) is 1. The van der Waals surface area contributed by atoms with Gasteiger partial charge in [0.1, 0.15) is 0 Å². The minimum atomic E-state index is 0.0156. The Morgan fingerprint density at radius 2 is 1.69 bits per heavy atom. The van der Waals surface area contributed by atoms with E-state index in [1.165, 1.54) is 19.3 Å². The molecule has 1 fully saturated rings. The van der Waals surface area contributed by atoms with E-state index in [0.29, 0.717) is 0 Å². The fourth-order valence-corrected chi connectivity index (χ4v) is 2.36. The number of aromatic nitrogens is 1. The highest BCUT2D eigenvalue weighted by atomic mass is 16.3. The molecule has 1 aliphatic rings. The zero-order valence-electron chi connectivity index (χ0n) is 7.95. The van der Waals surface area contributed by atoms with Gasteiger partial charge in [-0.2, -0.15) is 0 Å². The summed E-state index contributed by atoms with van der Waals surface area (Å²) in [5.41, 5.74) is 0.0156. The average Bonchev–Trinajstić information content (AvgIpc) is 2.72. The van der Waals surface area contributed by atoms with Crippen LogP contribution in [0.4, 0.5) is 0 Å². The van der Waals surface area contributed by atoms with Gasteiger partial charge >= 0.3 is 0 Å². The Hall–Kier alpha value is -0.760. The average molecular weight is 179 g/mol. The lowest BCUT2D eigenvalue weighted by Gasteiger charge is -2.37. The second-order valence-electron chi connectivity index (χ2n) is 4.03. The maximum absolute atomic E-state index is 9.49.